The van der Waals surface area contributed by atoms with Crippen molar-refractivity contribution in [3.63, 3.8) is 0 Å². The molecule has 0 radical (unpaired) electrons. The van der Waals surface area contributed by atoms with Crippen LogP contribution in [0, 0.1) is 6.92 Å². The van der Waals surface area contributed by atoms with Crippen LogP contribution in [0.3, 0.4) is 0 Å². The number of hydrogen-bond acceptors (Lipinski definition) is 3. The van der Waals surface area contributed by atoms with Gasteiger partial charge in [0.1, 0.15) is 0 Å². The Labute approximate surface area is 205 Å². The summed E-state index contributed by atoms with van der Waals surface area (Å²) in [6.45, 7) is 10.2. The Morgan fingerprint density at radius 3 is 2.34 bits per heavy atom. The molecule has 0 spiro atoms. The topological polar surface area (TPSA) is 88.4 Å². The molecule has 6 nitrogen and oxygen atoms in total. The third-order valence-electron chi connectivity index (χ3n) is 6.53. The number of Topliss-reactive ketones (excluding diaryl/α,β-unsaturated/α-hetero) is 1. The number of aryl methyl sites for hydroxylation is 1. The molecule has 1 aliphatic rings. The molecule has 4 rings (SSSR count). The molecule has 1 aliphatic carbocycles. The van der Waals surface area contributed by atoms with Gasteiger partial charge in [-0.2, -0.15) is 0 Å². The Kier molecular flexibility index (Phi) is 6.48. The molecule has 1 amide bonds. The number of rotatable bonds is 6. The summed E-state index contributed by atoms with van der Waals surface area (Å²) < 4.78 is 2.14. The highest BCUT2D eigenvalue weighted by Gasteiger charge is 2.22. The van der Waals surface area contributed by atoms with Crippen molar-refractivity contribution >= 4 is 28.6 Å². The molecule has 0 bridgehead atoms. The molecule has 1 heterocycles. The minimum atomic E-state index is -0.983. The summed E-state index contributed by atoms with van der Waals surface area (Å²) in [5, 5.41) is 13.1. The minimum absolute atomic E-state index is 0.0439. The number of carbonyl (C=O) groups is 3. The van der Waals surface area contributed by atoms with Crippen LogP contribution in [0.1, 0.15) is 66.4 Å². The molecule has 0 fully saturated rings. The molecular formula is C29H30N2O4. The summed E-state index contributed by atoms with van der Waals surface area (Å²) in [7, 11) is 0. The van der Waals surface area contributed by atoms with E-state index >= 15 is 0 Å². The Morgan fingerprint density at radius 2 is 1.74 bits per heavy atom. The summed E-state index contributed by atoms with van der Waals surface area (Å²) in [6, 6.07) is 10.7. The Balaban J connectivity index is 1.78. The highest BCUT2D eigenvalue weighted by Crippen LogP contribution is 2.33. The molecule has 180 valence electrons. The summed E-state index contributed by atoms with van der Waals surface area (Å²) in [5.74, 6) is -1.19. The standard InChI is InChI=1S/C29H30N2O4/c1-16(2)31-15-19(5)27-23(28(33)30-14-24-18(4)10-17(3)11-26(24)32)12-22(13-25(27)31)20-6-8-21(9-7-20)29(34)35/h6-10,12-13,15-16H,11,14H2,1-5H3,(H,30,33)(H,34,35). The average Bonchev–Trinajstić information content (AvgIpc) is 3.14. The second kappa shape index (κ2) is 9.37. The molecule has 0 saturated carbocycles. The van der Waals surface area contributed by atoms with E-state index in [1.54, 1.807) is 24.3 Å². The third-order valence-corrected chi connectivity index (χ3v) is 6.53. The average molecular weight is 471 g/mol. The largest absolute Gasteiger partial charge is 0.478 e. The van der Waals surface area contributed by atoms with Crippen molar-refractivity contribution in [3.8, 4) is 11.1 Å². The van der Waals surface area contributed by atoms with Gasteiger partial charge in [-0.15, -0.1) is 0 Å². The lowest BCUT2D eigenvalue weighted by molar-refractivity contribution is -0.115. The highest BCUT2D eigenvalue weighted by molar-refractivity contribution is 6.10. The van der Waals surface area contributed by atoms with Crippen molar-refractivity contribution in [3.05, 3.63) is 82.1 Å². The molecule has 0 unspecified atom stereocenters. The van der Waals surface area contributed by atoms with E-state index in [0.29, 0.717) is 17.6 Å². The zero-order valence-electron chi connectivity index (χ0n) is 20.7. The first-order valence-corrected chi connectivity index (χ1v) is 11.7. The van der Waals surface area contributed by atoms with E-state index in [2.05, 4.69) is 23.7 Å². The number of carboxylic acid groups (broad SMARTS) is 1. The van der Waals surface area contributed by atoms with Crippen molar-refractivity contribution in [2.24, 2.45) is 0 Å². The van der Waals surface area contributed by atoms with Crippen molar-refractivity contribution in [1.82, 2.24) is 9.88 Å². The number of hydrogen-bond donors (Lipinski definition) is 2. The van der Waals surface area contributed by atoms with Crippen LogP contribution in [0.15, 0.2) is 65.4 Å². The Morgan fingerprint density at radius 1 is 1.06 bits per heavy atom. The Bertz CT molecular complexity index is 1420. The van der Waals surface area contributed by atoms with Crippen molar-refractivity contribution in [2.75, 3.05) is 6.54 Å². The fourth-order valence-corrected chi connectivity index (χ4v) is 4.76. The number of carbonyl (C=O) groups excluding carboxylic acids is 2. The van der Waals surface area contributed by atoms with Crippen LogP contribution in [0.25, 0.3) is 22.0 Å². The molecule has 1 aromatic heterocycles. The quantitative estimate of drug-likeness (QED) is 0.472. The van der Waals surface area contributed by atoms with Gasteiger partial charge in [-0.25, -0.2) is 4.79 Å². The second-order valence-corrected chi connectivity index (χ2v) is 9.55. The van der Waals surface area contributed by atoms with Gasteiger partial charge in [-0.05, 0) is 81.1 Å². The lowest BCUT2D eigenvalue weighted by atomic mass is 9.92. The maximum atomic E-state index is 13.5. The summed E-state index contributed by atoms with van der Waals surface area (Å²) in [5.41, 5.74) is 6.86. The van der Waals surface area contributed by atoms with Gasteiger partial charge in [0.2, 0.25) is 0 Å². The first-order chi connectivity index (χ1) is 16.6. The van der Waals surface area contributed by atoms with Crippen LogP contribution < -0.4 is 5.32 Å². The van der Waals surface area contributed by atoms with Crippen molar-refractivity contribution < 1.29 is 19.5 Å². The van der Waals surface area contributed by atoms with E-state index in [4.69, 9.17) is 0 Å². The number of nitrogens with zero attached hydrogens (tertiary/aromatic N) is 1. The lowest BCUT2D eigenvalue weighted by Crippen LogP contribution is -2.29. The van der Waals surface area contributed by atoms with Crippen LogP contribution in [-0.2, 0) is 4.79 Å². The van der Waals surface area contributed by atoms with E-state index in [0.717, 1.165) is 38.7 Å². The second-order valence-electron chi connectivity index (χ2n) is 9.55. The first-order valence-electron chi connectivity index (χ1n) is 11.7. The van der Waals surface area contributed by atoms with E-state index in [9.17, 15) is 19.5 Å². The van der Waals surface area contributed by atoms with Gasteiger partial charge in [0.05, 0.1) is 5.56 Å². The van der Waals surface area contributed by atoms with E-state index in [1.165, 1.54) is 0 Å². The van der Waals surface area contributed by atoms with Crippen LogP contribution in [0.5, 0.6) is 0 Å². The molecule has 2 N–H and O–H groups in total. The van der Waals surface area contributed by atoms with Gasteiger partial charge in [0, 0.05) is 47.2 Å². The lowest BCUT2D eigenvalue weighted by Gasteiger charge is -2.17. The fraction of sp³-hybridized carbons (Fsp3) is 0.276. The zero-order chi connectivity index (χ0) is 25.4. The molecule has 3 aromatic rings. The van der Waals surface area contributed by atoms with Crippen LogP contribution in [-0.4, -0.2) is 33.9 Å². The summed E-state index contributed by atoms with van der Waals surface area (Å²) in [6.07, 6.45) is 4.43. The maximum Gasteiger partial charge on any atom is 0.335 e. The van der Waals surface area contributed by atoms with Gasteiger partial charge in [-0.1, -0.05) is 23.8 Å². The van der Waals surface area contributed by atoms with Crippen molar-refractivity contribution in [2.45, 2.75) is 47.1 Å². The SMILES string of the molecule is CC1=CC(C)=C(CNC(=O)c2cc(-c3ccc(C(=O)O)cc3)cc3c2c(C)cn3C(C)C)C(=O)C1. The van der Waals surface area contributed by atoms with Crippen LogP contribution in [0.4, 0.5) is 0 Å². The zero-order valence-corrected chi connectivity index (χ0v) is 20.7. The van der Waals surface area contributed by atoms with Gasteiger partial charge >= 0.3 is 5.97 Å². The monoisotopic (exact) mass is 470 g/mol. The molecule has 0 aliphatic heterocycles. The number of carboxylic acids is 1. The van der Waals surface area contributed by atoms with Gasteiger partial charge in [0.25, 0.3) is 5.91 Å². The first kappa shape index (κ1) is 24.2. The van der Waals surface area contributed by atoms with E-state index in [-0.39, 0.29) is 29.8 Å². The predicted molar refractivity (Wildman–Crippen MR) is 138 cm³/mol. The van der Waals surface area contributed by atoms with E-state index < -0.39 is 5.97 Å². The third kappa shape index (κ3) is 4.69. The number of ketones is 1. The number of aromatic carboxylic acids is 1. The molecule has 2 aromatic carbocycles. The molecule has 0 atom stereocenters. The Hall–Kier alpha value is -3.93. The number of benzene rings is 2. The van der Waals surface area contributed by atoms with E-state index in [1.807, 2.05) is 45.2 Å². The molecule has 6 heteroatoms. The molecular weight excluding hydrogens is 440 g/mol. The number of amides is 1. The maximum absolute atomic E-state index is 13.5. The highest BCUT2D eigenvalue weighted by atomic mass is 16.4. The number of fused-ring (bicyclic) bond motifs is 1. The smallest absolute Gasteiger partial charge is 0.335 e. The molecule has 0 saturated heterocycles. The van der Waals surface area contributed by atoms with Gasteiger partial charge < -0.3 is 15.0 Å². The minimum Gasteiger partial charge on any atom is -0.478 e. The fourth-order valence-electron chi connectivity index (χ4n) is 4.76. The van der Waals surface area contributed by atoms with Gasteiger partial charge in [0.15, 0.2) is 5.78 Å². The number of nitrogens with one attached hydrogen (secondary N) is 1. The predicted octanol–water partition coefficient (Wildman–Crippen LogP) is 5.86. The normalized spacial score (nSPS) is 14.0. The summed E-state index contributed by atoms with van der Waals surface area (Å²) >= 11 is 0. The number of aromatic nitrogens is 1. The molecule has 35 heavy (non-hydrogen) atoms. The summed E-state index contributed by atoms with van der Waals surface area (Å²) in [4.78, 5) is 37.3. The van der Waals surface area contributed by atoms with Gasteiger partial charge in [-0.3, -0.25) is 9.59 Å². The van der Waals surface area contributed by atoms with Crippen LogP contribution >= 0.6 is 0 Å². The van der Waals surface area contributed by atoms with Crippen LogP contribution in [0.2, 0.25) is 0 Å². The van der Waals surface area contributed by atoms with Crippen molar-refractivity contribution in [1.29, 1.82) is 0 Å². The number of allylic oxidation sites excluding steroid dienone is 3.